The normalized spacial score (nSPS) is 10.6. The summed E-state index contributed by atoms with van der Waals surface area (Å²) in [6, 6.07) is 12.3. The highest BCUT2D eigenvalue weighted by Crippen LogP contribution is 2.28. The van der Waals surface area contributed by atoms with Gasteiger partial charge < -0.3 is 0 Å². The molecule has 0 unspecified atom stereocenters. The second-order valence-corrected chi connectivity index (χ2v) is 7.23. The summed E-state index contributed by atoms with van der Waals surface area (Å²) in [6.45, 7) is 0. The van der Waals surface area contributed by atoms with Gasteiger partial charge in [0.1, 0.15) is 0 Å². The van der Waals surface area contributed by atoms with Gasteiger partial charge in [-0.2, -0.15) is 11.8 Å². The Morgan fingerprint density at radius 2 is 1.94 bits per heavy atom. The molecule has 0 radical (unpaired) electrons. The summed E-state index contributed by atoms with van der Waals surface area (Å²) < 4.78 is 1.20. The van der Waals surface area contributed by atoms with Crippen LogP contribution >= 0.6 is 50.6 Å². The molecule has 1 aromatic heterocycles. The van der Waals surface area contributed by atoms with E-state index in [1.165, 1.54) is 14.2 Å². The highest BCUT2D eigenvalue weighted by molar-refractivity contribution is 9.11. The number of benzene rings is 1. The maximum absolute atomic E-state index is 6.09. The van der Waals surface area contributed by atoms with Crippen LogP contribution in [0.25, 0.3) is 0 Å². The molecule has 0 aliphatic rings. The van der Waals surface area contributed by atoms with Crippen LogP contribution in [0.5, 0.6) is 0 Å². The highest BCUT2D eigenvalue weighted by atomic mass is 79.9. The van der Waals surface area contributed by atoms with Crippen molar-refractivity contribution < 1.29 is 0 Å². The van der Waals surface area contributed by atoms with E-state index >= 15 is 0 Å². The number of rotatable bonds is 4. The summed E-state index contributed by atoms with van der Waals surface area (Å²) in [7, 11) is 0. The minimum absolute atomic E-state index is 0.863. The van der Waals surface area contributed by atoms with E-state index in [4.69, 9.17) is 11.6 Å². The van der Waals surface area contributed by atoms with Crippen molar-refractivity contribution in [1.82, 2.24) is 0 Å². The average Bonchev–Trinajstić information content (AvgIpc) is 2.67. The third-order valence-corrected chi connectivity index (χ3v) is 5.29. The van der Waals surface area contributed by atoms with E-state index in [0.717, 1.165) is 16.5 Å². The van der Waals surface area contributed by atoms with Gasteiger partial charge in [-0.15, -0.1) is 11.3 Å². The smallest absolute Gasteiger partial charge is 0.0701 e. The largest absolute Gasteiger partial charge is 0.151 e. The quantitative estimate of drug-likeness (QED) is 0.702. The molecule has 4 heteroatoms. The van der Waals surface area contributed by atoms with Gasteiger partial charge in [-0.3, -0.25) is 0 Å². The first-order valence-corrected chi connectivity index (χ1v) is 7.95. The molecule has 1 heterocycles. The van der Waals surface area contributed by atoms with Crippen LogP contribution in [0, 0.1) is 0 Å². The minimum Gasteiger partial charge on any atom is -0.151 e. The standard InChI is InChI=1S/C12H10BrClS2/c13-12-6-5-10(16-12)8-15-7-9-3-1-2-4-11(9)14/h1-6H,7-8H2. The summed E-state index contributed by atoms with van der Waals surface area (Å²) in [6.07, 6.45) is 0. The summed E-state index contributed by atoms with van der Waals surface area (Å²) in [5.41, 5.74) is 1.21. The fraction of sp³-hybridized carbons (Fsp3) is 0.167. The number of thiophene rings is 1. The SMILES string of the molecule is Clc1ccccc1CSCc1ccc(Br)s1. The molecule has 0 aliphatic carbocycles. The average molecular weight is 334 g/mol. The molecular weight excluding hydrogens is 324 g/mol. The lowest BCUT2D eigenvalue weighted by molar-refractivity contribution is 1.39. The molecule has 0 N–H and O–H groups in total. The van der Waals surface area contributed by atoms with Crippen molar-refractivity contribution in [2.24, 2.45) is 0 Å². The predicted octanol–water partition coefficient (Wildman–Crippen LogP) is 5.60. The first kappa shape index (κ1) is 12.5. The Morgan fingerprint density at radius 1 is 1.12 bits per heavy atom. The van der Waals surface area contributed by atoms with Crippen LogP contribution in [0.1, 0.15) is 10.4 Å². The lowest BCUT2D eigenvalue weighted by atomic mass is 10.2. The fourth-order valence-electron chi connectivity index (χ4n) is 1.31. The van der Waals surface area contributed by atoms with Crippen molar-refractivity contribution in [3.8, 4) is 0 Å². The predicted molar refractivity (Wildman–Crippen MR) is 78.5 cm³/mol. The first-order chi connectivity index (χ1) is 7.75. The van der Waals surface area contributed by atoms with Crippen molar-refractivity contribution in [3.05, 3.63) is 55.6 Å². The Hall–Kier alpha value is 0.0400. The summed E-state index contributed by atoms with van der Waals surface area (Å²) >= 11 is 13.2. The number of hydrogen-bond acceptors (Lipinski definition) is 2. The van der Waals surface area contributed by atoms with Gasteiger partial charge in [-0.05, 0) is 39.7 Å². The maximum Gasteiger partial charge on any atom is 0.0701 e. The van der Waals surface area contributed by atoms with Gasteiger partial charge in [-0.1, -0.05) is 29.8 Å². The van der Waals surface area contributed by atoms with E-state index in [1.807, 2.05) is 30.0 Å². The zero-order valence-corrected chi connectivity index (χ0v) is 12.4. The Kier molecular flexibility index (Phi) is 4.77. The molecule has 0 spiro atoms. The van der Waals surface area contributed by atoms with Crippen molar-refractivity contribution >= 4 is 50.6 Å². The molecular formula is C12H10BrClS2. The molecule has 0 aliphatic heterocycles. The second-order valence-electron chi connectivity index (χ2n) is 3.29. The molecule has 0 bridgehead atoms. The maximum atomic E-state index is 6.09. The van der Waals surface area contributed by atoms with Gasteiger partial charge in [0.25, 0.3) is 0 Å². The van der Waals surface area contributed by atoms with Gasteiger partial charge in [0.15, 0.2) is 0 Å². The molecule has 0 amide bonds. The number of hydrogen-bond donors (Lipinski definition) is 0. The van der Waals surface area contributed by atoms with Crippen LogP contribution in [0.2, 0.25) is 5.02 Å². The third-order valence-electron chi connectivity index (χ3n) is 2.09. The van der Waals surface area contributed by atoms with Crippen molar-refractivity contribution in [2.45, 2.75) is 11.5 Å². The Bertz CT molecular complexity index is 468. The van der Waals surface area contributed by atoms with E-state index in [2.05, 4.69) is 34.1 Å². The molecule has 0 saturated carbocycles. The molecule has 0 saturated heterocycles. The molecule has 84 valence electrons. The van der Waals surface area contributed by atoms with Gasteiger partial charge in [0.2, 0.25) is 0 Å². The van der Waals surface area contributed by atoms with Crippen molar-refractivity contribution in [3.63, 3.8) is 0 Å². The molecule has 1 aromatic carbocycles. The van der Waals surface area contributed by atoms with E-state index in [0.29, 0.717) is 0 Å². The molecule has 0 fully saturated rings. The van der Waals surface area contributed by atoms with Crippen LogP contribution in [0.3, 0.4) is 0 Å². The topological polar surface area (TPSA) is 0 Å². The van der Waals surface area contributed by atoms with Crippen LogP contribution < -0.4 is 0 Å². The van der Waals surface area contributed by atoms with Crippen LogP contribution in [-0.4, -0.2) is 0 Å². The molecule has 2 aromatic rings. The lowest BCUT2D eigenvalue weighted by Gasteiger charge is -2.02. The van der Waals surface area contributed by atoms with Gasteiger partial charge in [-0.25, -0.2) is 0 Å². The Morgan fingerprint density at radius 3 is 2.62 bits per heavy atom. The molecule has 0 nitrogen and oxygen atoms in total. The number of halogens is 2. The van der Waals surface area contributed by atoms with Gasteiger partial charge in [0, 0.05) is 21.4 Å². The summed E-state index contributed by atoms with van der Waals surface area (Å²) in [5, 5.41) is 0.863. The zero-order valence-electron chi connectivity index (χ0n) is 8.45. The molecule has 0 atom stereocenters. The Labute approximate surface area is 117 Å². The van der Waals surface area contributed by atoms with E-state index in [9.17, 15) is 0 Å². The van der Waals surface area contributed by atoms with Crippen LogP contribution in [0.4, 0.5) is 0 Å². The van der Waals surface area contributed by atoms with Gasteiger partial charge >= 0.3 is 0 Å². The van der Waals surface area contributed by atoms with Gasteiger partial charge in [0.05, 0.1) is 3.79 Å². The highest BCUT2D eigenvalue weighted by Gasteiger charge is 2.01. The van der Waals surface area contributed by atoms with E-state index in [-0.39, 0.29) is 0 Å². The number of thioether (sulfide) groups is 1. The third kappa shape index (κ3) is 3.52. The van der Waals surface area contributed by atoms with Crippen LogP contribution in [-0.2, 0) is 11.5 Å². The summed E-state index contributed by atoms with van der Waals surface area (Å²) in [4.78, 5) is 1.39. The Balaban J connectivity index is 1.87. The zero-order chi connectivity index (χ0) is 11.4. The fourth-order valence-corrected chi connectivity index (χ4v) is 4.22. The first-order valence-electron chi connectivity index (χ1n) is 4.81. The van der Waals surface area contributed by atoms with E-state index in [1.54, 1.807) is 11.3 Å². The van der Waals surface area contributed by atoms with Crippen LogP contribution in [0.15, 0.2) is 40.2 Å². The molecule has 2 rings (SSSR count). The molecule has 16 heavy (non-hydrogen) atoms. The van der Waals surface area contributed by atoms with Crippen molar-refractivity contribution in [2.75, 3.05) is 0 Å². The minimum atomic E-state index is 0.863. The van der Waals surface area contributed by atoms with E-state index < -0.39 is 0 Å². The van der Waals surface area contributed by atoms with Crippen molar-refractivity contribution in [1.29, 1.82) is 0 Å². The summed E-state index contributed by atoms with van der Waals surface area (Å²) in [5.74, 6) is 2.01. The lowest BCUT2D eigenvalue weighted by Crippen LogP contribution is -1.82. The monoisotopic (exact) mass is 332 g/mol. The second kappa shape index (κ2) is 6.10.